The minimum atomic E-state index is -3.75. The number of methoxy groups -OCH3 is 1. The van der Waals surface area contributed by atoms with E-state index >= 15 is 0 Å². The number of carbonyl (C=O) groups excluding carboxylic acids is 1. The molecule has 29 heavy (non-hydrogen) atoms. The van der Waals surface area contributed by atoms with E-state index < -0.39 is 10.0 Å². The molecule has 2 aromatic rings. The molecule has 3 rings (SSSR count). The Bertz CT molecular complexity index is 971. The Kier molecular flexibility index (Phi) is 6.59. The Morgan fingerprint density at radius 2 is 1.93 bits per heavy atom. The monoisotopic (exact) mass is 416 g/mol. The molecule has 156 valence electrons. The van der Waals surface area contributed by atoms with Gasteiger partial charge in [-0.2, -0.15) is 4.31 Å². The maximum absolute atomic E-state index is 13.2. The van der Waals surface area contributed by atoms with Gasteiger partial charge in [0.2, 0.25) is 15.9 Å². The van der Waals surface area contributed by atoms with Gasteiger partial charge < -0.3 is 10.1 Å². The molecule has 2 aromatic carbocycles. The van der Waals surface area contributed by atoms with E-state index in [1.807, 2.05) is 37.3 Å². The van der Waals surface area contributed by atoms with Crippen LogP contribution in [0, 0.1) is 12.8 Å². The van der Waals surface area contributed by atoms with Crippen LogP contribution in [0.15, 0.2) is 47.4 Å². The van der Waals surface area contributed by atoms with Crippen molar-refractivity contribution in [3.05, 3.63) is 53.6 Å². The summed E-state index contributed by atoms with van der Waals surface area (Å²) >= 11 is 0. The highest BCUT2D eigenvalue weighted by Crippen LogP contribution is 2.31. The number of carbonyl (C=O) groups is 1. The van der Waals surface area contributed by atoms with Crippen molar-refractivity contribution in [1.29, 1.82) is 0 Å². The first-order valence-electron chi connectivity index (χ1n) is 9.89. The summed E-state index contributed by atoms with van der Waals surface area (Å²) in [6.45, 7) is 4.48. The number of nitrogens with zero attached hydrogens (tertiary/aromatic N) is 1. The Hall–Kier alpha value is -2.38. The molecule has 1 amide bonds. The smallest absolute Gasteiger partial charge is 0.246 e. The van der Waals surface area contributed by atoms with E-state index in [9.17, 15) is 13.2 Å². The number of anilines is 1. The summed E-state index contributed by atoms with van der Waals surface area (Å²) in [6, 6.07) is 12.8. The van der Waals surface area contributed by atoms with Crippen LogP contribution in [-0.2, 0) is 21.2 Å². The average Bonchev–Trinajstić information content (AvgIpc) is 2.74. The van der Waals surface area contributed by atoms with E-state index in [1.54, 1.807) is 12.1 Å². The number of piperidine rings is 1. The average molecular weight is 417 g/mol. The Morgan fingerprint density at radius 3 is 2.59 bits per heavy atom. The van der Waals surface area contributed by atoms with Crippen molar-refractivity contribution < 1.29 is 17.9 Å². The minimum Gasteiger partial charge on any atom is -0.495 e. The van der Waals surface area contributed by atoms with Gasteiger partial charge in [-0.1, -0.05) is 25.1 Å². The highest BCUT2D eigenvalue weighted by atomic mass is 32.2. The number of aryl methyl sites for hydroxylation is 2. The van der Waals surface area contributed by atoms with E-state index in [4.69, 9.17) is 4.74 Å². The highest BCUT2D eigenvalue weighted by molar-refractivity contribution is 7.89. The second-order valence-corrected chi connectivity index (χ2v) is 9.30. The molecule has 1 heterocycles. The third-order valence-corrected chi connectivity index (χ3v) is 7.21. The molecule has 0 spiro atoms. The number of hydrogen-bond donors (Lipinski definition) is 1. The lowest BCUT2D eigenvalue weighted by Gasteiger charge is -2.31. The van der Waals surface area contributed by atoms with Crippen LogP contribution in [-0.4, -0.2) is 38.8 Å². The summed E-state index contributed by atoms with van der Waals surface area (Å²) in [4.78, 5) is 12.9. The predicted molar refractivity (Wildman–Crippen MR) is 114 cm³/mol. The quantitative estimate of drug-likeness (QED) is 0.781. The van der Waals surface area contributed by atoms with Gasteiger partial charge >= 0.3 is 0 Å². The lowest BCUT2D eigenvalue weighted by atomic mass is 9.98. The first-order chi connectivity index (χ1) is 13.8. The summed E-state index contributed by atoms with van der Waals surface area (Å²) < 4.78 is 33.1. The summed E-state index contributed by atoms with van der Waals surface area (Å²) in [5.74, 6) is -0.219. The van der Waals surface area contributed by atoms with E-state index in [2.05, 4.69) is 12.2 Å². The predicted octanol–water partition coefficient (Wildman–Crippen LogP) is 3.61. The molecule has 1 fully saturated rings. The van der Waals surface area contributed by atoms with Gasteiger partial charge in [0.1, 0.15) is 10.6 Å². The lowest BCUT2D eigenvalue weighted by Crippen LogP contribution is -2.43. The van der Waals surface area contributed by atoms with Gasteiger partial charge in [0, 0.05) is 18.8 Å². The van der Waals surface area contributed by atoms with Gasteiger partial charge in [-0.3, -0.25) is 4.79 Å². The molecule has 0 radical (unpaired) electrons. The molecule has 1 saturated heterocycles. The van der Waals surface area contributed by atoms with Gasteiger partial charge in [0.15, 0.2) is 0 Å². The largest absolute Gasteiger partial charge is 0.495 e. The number of ether oxygens (including phenoxy) is 1. The normalized spacial score (nSPS) is 17.7. The van der Waals surface area contributed by atoms with Gasteiger partial charge in [0.05, 0.1) is 13.0 Å². The van der Waals surface area contributed by atoms with Gasteiger partial charge in [-0.05, 0) is 61.6 Å². The standard InChI is InChI=1S/C22H28N2O4S/c1-4-17-8-10-19(11-9-17)23-22(25)18-6-5-13-24(15-18)29(26,27)21-14-16(2)7-12-20(21)28-3/h7-12,14,18H,4-6,13,15H2,1-3H3,(H,23,25). The van der Waals surface area contributed by atoms with E-state index in [-0.39, 0.29) is 23.3 Å². The van der Waals surface area contributed by atoms with Crippen molar-refractivity contribution >= 4 is 21.6 Å². The maximum Gasteiger partial charge on any atom is 0.246 e. The maximum atomic E-state index is 13.2. The van der Waals surface area contributed by atoms with Crippen molar-refractivity contribution in [2.75, 3.05) is 25.5 Å². The molecule has 0 bridgehead atoms. The van der Waals surface area contributed by atoms with Crippen LogP contribution >= 0.6 is 0 Å². The van der Waals surface area contributed by atoms with Crippen LogP contribution in [0.25, 0.3) is 0 Å². The summed E-state index contributed by atoms with van der Waals surface area (Å²) in [7, 11) is -2.29. The van der Waals surface area contributed by atoms with Gasteiger partial charge in [-0.15, -0.1) is 0 Å². The fourth-order valence-electron chi connectivity index (χ4n) is 3.57. The SMILES string of the molecule is CCc1ccc(NC(=O)C2CCCN(S(=O)(=O)c3cc(C)ccc3OC)C2)cc1. The second kappa shape index (κ2) is 8.97. The number of sulfonamides is 1. The van der Waals surface area contributed by atoms with Crippen LogP contribution in [0.4, 0.5) is 5.69 Å². The topological polar surface area (TPSA) is 75.7 Å². The third-order valence-electron chi connectivity index (χ3n) is 5.32. The van der Waals surface area contributed by atoms with Crippen LogP contribution in [0.3, 0.4) is 0 Å². The summed E-state index contributed by atoms with van der Waals surface area (Å²) in [5.41, 5.74) is 2.77. The number of rotatable bonds is 6. The minimum absolute atomic E-state index is 0.148. The first kappa shape index (κ1) is 21.3. The van der Waals surface area contributed by atoms with Crippen LogP contribution < -0.4 is 10.1 Å². The molecule has 7 heteroatoms. The Labute approximate surface area is 172 Å². The lowest BCUT2D eigenvalue weighted by molar-refractivity contribution is -0.120. The number of amides is 1. The third kappa shape index (κ3) is 4.79. The summed E-state index contributed by atoms with van der Waals surface area (Å²) in [5, 5.41) is 2.92. The van der Waals surface area contributed by atoms with E-state index in [0.717, 1.165) is 17.7 Å². The number of hydrogen-bond acceptors (Lipinski definition) is 4. The molecule has 1 N–H and O–H groups in total. The van der Waals surface area contributed by atoms with Crippen molar-refractivity contribution in [2.24, 2.45) is 5.92 Å². The fraction of sp³-hybridized carbons (Fsp3) is 0.409. The molecule has 0 aliphatic carbocycles. The zero-order valence-electron chi connectivity index (χ0n) is 17.1. The summed E-state index contributed by atoms with van der Waals surface area (Å²) in [6.07, 6.45) is 2.24. The van der Waals surface area contributed by atoms with Crippen LogP contribution in [0.5, 0.6) is 5.75 Å². The zero-order valence-corrected chi connectivity index (χ0v) is 18.0. The molecule has 0 saturated carbocycles. The van der Waals surface area contributed by atoms with Crippen molar-refractivity contribution in [2.45, 2.75) is 38.0 Å². The van der Waals surface area contributed by atoms with E-state index in [0.29, 0.717) is 25.1 Å². The molecule has 1 unspecified atom stereocenters. The van der Waals surface area contributed by atoms with Crippen LogP contribution in [0.1, 0.15) is 30.9 Å². The molecule has 1 aliphatic heterocycles. The Morgan fingerprint density at radius 1 is 1.21 bits per heavy atom. The molecule has 6 nitrogen and oxygen atoms in total. The number of benzene rings is 2. The molecule has 1 atom stereocenters. The molecular weight excluding hydrogens is 388 g/mol. The number of nitrogens with one attached hydrogen (secondary N) is 1. The zero-order chi connectivity index (χ0) is 21.0. The Balaban J connectivity index is 1.75. The molecular formula is C22H28N2O4S. The fourth-order valence-corrected chi connectivity index (χ4v) is 5.33. The van der Waals surface area contributed by atoms with Crippen molar-refractivity contribution in [1.82, 2.24) is 4.31 Å². The van der Waals surface area contributed by atoms with Crippen LogP contribution in [0.2, 0.25) is 0 Å². The van der Waals surface area contributed by atoms with Crippen molar-refractivity contribution in [3.8, 4) is 5.75 Å². The first-order valence-corrected chi connectivity index (χ1v) is 11.3. The second-order valence-electron chi connectivity index (χ2n) is 7.40. The van der Waals surface area contributed by atoms with Gasteiger partial charge in [-0.25, -0.2) is 8.42 Å². The van der Waals surface area contributed by atoms with Crippen molar-refractivity contribution in [3.63, 3.8) is 0 Å². The molecule has 0 aromatic heterocycles. The molecule has 1 aliphatic rings. The van der Waals surface area contributed by atoms with Gasteiger partial charge in [0.25, 0.3) is 0 Å². The highest BCUT2D eigenvalue weighted by Gasteiger charge is 2.34. The van der Waals surface area contributed by atoms with E-state index in [1.165, 1.54) is 17.0 Å².